The first-order chi connectivity index (χ1) is 7.25. The van der Waals surface area contributed by atoms with Gasteiger partial charge in [0.05, 0.1) is 0 Å². The maximum absolute atomic E-state index is 3.28. The molecule has 0 radical (unpaired) electrons. The number of benzene rings is 1. The average Bonchev–Trinajstić information content (AvgIpc) is 2.44. The molecule has 1 aliphatic rings. The van der Waals surface area contributed by atoms with Crippen molar-refractivity contribution in [3.8, 4) is 0 Å². The van der Waals surface area contributed by atoms with Gasteiger partial charge in [0.1, 0.15) is 0 Å². The van der Waals surface area contributed by atoms with E-state index in [0.29, 0.717) is 0 Å². The topological polar surface area (TPSA) is 0 Å². The highest BCUT2D eigenvalue weighted by Gasteiger charge is 1.97. The Labute approximate surface area is 98.3 Å². The van der Waals surface area contributed by atoms with Crippen molar-refractivity contribution in [3.05, 3.63) is 71.0 Å². The zero-order valence-electron chi connectivity index (χ0n) is 9.12. The molecule has 0 bridgehead atoms. The lowest BCUT2D eigenvalue weighted by atomic mass is 10.0. The molecule has 1 aromatic rings. The number of hydrogen-bond donors (Lipinski definition) is 0. The fourth-order valence-corrected chi connectivity index (χ4v) is 1.49. The van der Waals surface area contributed by atoms with Crippen molar-refractivity contribution >= 4 is 5.57 Å². The maximum Gasteiger partial charge on any atom is 0.0237 e. The van der Waals surface area contributed by atoms with Gasteiger partial charge in [0.25, 0.3) is 0 Å². The zero-order valence-corrected chi connectivity index (χ0v) is 9.12. The molecule has 0 amide bonds. The van der Waals surface area contributed by atoms with E-state index < -0.39 is 0 Å². The van der Waals surface area contributed by atoms with Gasteiger partial charge in [-0.05, 0) is 31.6 Å². The van der Waals surface area contributed by atoms with Crippen molar-refractivity contribution in [3.63, 3.8) is 0 Å². The first-order valence-corrected chi connectivity index (χ1v) is 5.14. The summed E-state index contributed by atoms with van der Waals surface area (Å²) in [6.07, 6.45) is 8.27. The summed E-state index contributed by atoms with van der Waals surface area (Å²) >= 11 is 0. The van der Waals surface area contributed by atoms with Crippen LogP contribution in [0.25, 0.3) is 5.57 Å². The zero-order chi connectivity index (χ0) is 10.7. The van der Waals surface area contributed by atoms with Crippen molar-refractivity contribution < 1.29 is 0 Å². The van der Waals surface area contributed by atoms with Crippen LogP contribution < -0.4 is 0 Å². The Kier molecular flexibility index (Phi) is 4.10. The second kappa shape index (κ2) is 5.34. The van der Waals surface area contributed by atoms with Crippen molar-refractivity contribution in [1.82, 2.24) is 0 Å². The summed E-state index contributed by atoms with van der Waals surface area (Å²) in [5.41, 5.74) is 8.18. The third kappa shape index (κ3) is 2.85. The molecule has 0 nitrogen and oxygen atoms in total. The van der Waals surface area contributed by atoms with Gasteiger partial charge in [-0.15, -0.1) is 5.73 Å². The molecule has 0 N–H and O–H groups in total. The molecule has 82 valence electrons. The van der Waals surface area contributed by atoms with E-state index in [9.17, 15) is 0 Å². The van der Waals surface area contributed by atoms with E-state index in [2.05, 4.69) is 62.1 Å². The van der Waals surface area contributed by atoms with E-state index in [-0.39, 0.29) is 7.43 Å². The quantitative estimate of drug-likeness (QED) is 0.590. The summed E-state index contributed by atoms with van der Waals surface area (Å²) in [6.45, 7) is 4.19. The van der Waals surface area contributed by atoms with E-state index in [4.69, 9.17) is 0 Å². The predicted octanol–water partition coefficient (Wildman–Crippen LogP) is 4.69. The Morgan fingerprint density at radius 2 is 1.62 bits per heavy atom. The fourth-order valence-electron chi connectivity index (χ4n) is 1.49. The largest absolute Gasteiger partial charge is 0.112 e. The van der Waals surface area contributed by atoms with Crippen molar-refractivity contribution in [2.45, 2.75) is 21.3 Å². The third-order valence-corrected chi connectivity index (χ3v) is 2.46. The van der Waals surface area contributed by atoms with Crippen molar-refractivity contribution in [2.24, 2.45) is 0 Å². The molecule has 1 aliphatic carbocycles. The second-order valence-electron chi connectivity index (χ2n) is 3.83. The minimum atomic E-state index is 0. The molecule has 0 atom stereocenters. The van der Waals surface area contributed by atoms with Crippen LogP contribution in [-0.2, 0) is 0 Å². The predicted molar refractivity (Wildman–Crippen MR) is 72.3 cm³/mol. The number of aryl methyl sites for hydroxylation is 1. The first kappa shape index (κ1) is 12.3. The van der Waals surface area contributed by atoms with E-state index in [1.54, 1.807) is 0 Å². The minimum Gasteiger partial charge on any atom is -0.112 e. The normalized spacial score (nSPS) is 13.6. The SMILES string of the molecule is C.CC1=CC=C=C(c2ccc(C)cc2)C=C1. The lowest BCUT2D eigenvalue weighted by molar-refractivity contribution is 1.45. The first-order valence-electron chi connectivity index (χ1n) is 5.14. The van der Waals surface area contributed by atoms with E-state index >= 15 is 0 Å². The van der Waals surface area contributed by atoms with Gasteiger partial charge < -0.3 is 0 Å². The molecule has 0 heterocycles. The number of hydrogen-bond acceptors (Lipinski definition) is 0. The minimum absolute atomic E-state index is 0. The van der Waals surface area contributed by atoms with Gasteiger partial charge in [-0.1, -0.05) is 55.0 Å². The van der Waals surface area contributed by atoms with Gasteiger partial charge in [-0.25, -0.2) is 0 Å². The Hall–Kier alpha value is -1.78. The van der Waals surface area contributed by atoms with Crippen LogP contribution >= 0.6 is 0 Å². The molecule has 2 rings (SSSR count). The summed E-state index contributed by atoms with van der Waals surface area (Å²) in [7, 11) is 0. The Balaban J connectivity index is 0.00000128. The highest BCUT2D eigenvalue weighted by atomic mass is 14.0. The van der Waals surface area contributed by atoms with E-state index in [0.717, 1.165) is 5.57 Å². The smallest absolute Gasteiger partial charge is 0.0237 e. The molecule has 0 fully saturated rings. The fraction of sp³-hybridized carbons (Fsp3) is 0.188. The highest BCUT2D eigenvalue weighted by Crippen LogP contribution is 2.17. The van der Waals surface area contributed by atoms with Gasteiger partial charge >= 0.3 is 0 Å². The number of allylic oxidation sites excluding steroid dienone is 5. The highest BCUT2D eigenvalue weighted by molar-refractivity contribution is 5.74. The number of rotatable bonds is 1. The Bertz CT molecular complexity index is 475. The van der Waals surface area contributed by atoms with Crippen LogP contribution in [0.2, 0.25) is 0 Å². The molecular formula is C16H18. The standard InChI is InChI=1S/C15H14.CH4/c1-12-4-3-5-14(9-6-12)15-10-7-13(2)8-11-15;/h3-4,6-11H,1-2H3;1H4. The van der Waals surface area contributed by atoms with Crippen LogP contribution in [0.3, 0.4) is 0 Å². The second-order valence-corrected chi connectivity index (χ2v) is 3.83. The van der Waals surface area contributed by atoms with Crippen LogP contribution in [-0.4, -0.2) is 0 Å². The van der Waals surface area contributed by atoms with Crippen LogP contribution in [0.5, 0.6) is 0 Å². The molecule has 0 unspecified atom stereocenters. The van der Waals surface area contributed by atoms with Crippen LogP contribution in [0.4, 0.5) is 0 Å². The van der Waals surface area contributed by atoms with E-state index in [1.165, 1.54) is 16.7 Å². The van der Waals surface area contributed by atoms with Crippen LogP contribution in [0, 0.1) is 6.92 Å². The van der Waals surface area contributed by atoms with Gasteiger partial charge in [0, 0.05) is 5.57 Å². The van der Waals surface area contributed by atoms with Gasteiger partial charge in [-0.2, -0.15) is 0 Å². The summed E-state index contributed by atoms with van der Waals surface area (Å²) in [6, 6.07) is 8.53. The van der Waals surface area contributed by atoms with Gasteiger partial charge in [0.2, 0.25) is 0 Å². The molecule has 0 heteroatoms. The lowest BCUT2D eigenvalue weighted by Crippen LogP contribution is -1.79. The molecular weight excluding hydrogens is 192 g/mol. The van der Waals surface area contributed by atoms with Gasteiger partial charge in [0.15, 0.2) is 0 Å². The monoisotopic (exact) mass is 210 g/mol. The average molecular weight is 210 g/mol. The summed E-state index contributed by atoms with van der Waals surface area (Å²) in [4.78, 5) is 0. The lowest BCUT2D eigenvalue weighted by Gasteiger charge is -1.99. The molecule has 16 heavy (non-hydrogen) atoms. The molecule has 0 aromatic heterocycles. The molecule has 0 spiro atoms. The third-order valence-electron chi connectivity index (χ3n) is 2.46. The molecule has 0 saturated heterocycles. The summed E-state index contributed by atoms with van der Waals surface area (Å²) < 4.78 is 0. The van der Waals surface area contributed by atoms with Crippen LogP contribution in [0.1, 0.15) is 25.5 Å². The summed E-state index contributed by atoms with van der Waals surface area (Å²) in [5, 5.41) is 0. The maximum atomic E-state index is 3.28. The molecule has 0 aliphatic heterocycles. The van der Waals surface area contributed by atoms with Gasteiger partial charge in [-0.3, -0.25) is 0 Å². The van der Waals surface area contributed by atoms with E-state index in [1.807, 2.05) is 6.08 Å². The van der Waals surface area contributed by atoms with Crippen LogP contribution in [0.15, 0.2) is 59.9 Å². The summed E-state index contributed by atoms with van der Waals surface area (Å²) in [5.74, 6) is 0. The van der Waals surface area contributed by atoms with Crippen molar-refractivity contribution in [2.75, 3.05) is 0 Å². The van der Waals surface area contributed by atoms with Crippen molar-refractivity contribution in [1.29, 1.82) is 0 Å². The Morgan fingerprint density at radius 1 is 0.938 bits per heavy atom. The Morgan fingerprint density at radius 3 is 2.31 bits per heavy atom. The molecule has 0 saturated carbocycles. The molecule has 1 aromatic carbocycles.